The number of rotatable bonds is 7. The molecule has 0 spiro atoms. The normalized spacial score (nSPS) is 16.9. The summed E-state index contributed by atoms with van der Waals surface area (Å²) in [4.78, 5) is 19.7. The number of anilines is 1. The molecule has 38 heavy (non-hydrogen) atoms. The Bertz CT molecular complexity index is 1490. The zero-order chi connectivity index (χ0) is 26.8. The summed E-state index contributed by atoms with van der Waals surface area (Å²) in [7, 11) is 0. The highest BCUT2D eigenvalue weighted by molar-refractivity contribution is 7.80. The second-order valence-electron chi connectivity index (χ2n) is 9.60. The van der Waals surface area contributed by atoms with Gasteiger partial charge in [-0.1, -0.05) is 41.9 Å². The van der Waals surface area contributed by atoms with Gasteiger partial charge in [0.2, 0.25) is 5.91 Å². The van der Waals surface area contributed by atoms with E-state index in [4.69, 9.17) is 23.8 Å². The van der Waals surface area contributed by atoms with Crippen molar-refractivity contribution in [2.45, 2.75) is 39.3 Å². The van der Waals surface area contributed by atoms with E-state index in [1.165, 1.54) is 0 Å². The number of thiocarbonyl (C=S) groups is 1. The molecule has 5 rings (SSSR count). The third-order valence-corrected chi connectivity index (χ3v) is 7.63. The first-order valence-electron chi connectivity index (χ1n) is 12.6. The first kappa shape index (κ1) is 25.9. The van der Waals surface area contributed by atoms with Gasteiger partial charge in [-0.2, -0.15) is 0 Å². The van der Waals surface area contributed by atoms with Crippen molar-refractivity contribution in [3.63, 3.8) is 0 Å². The number of hydrogen-bond donors (Lipinski definition) is 2. The molecule has 1 aliphatic heterocycles. The molecule has 0 radical (unpaired) electrons. The highest BCUT2D eigenvalue weighted by Gasteiger charge is 2.41. The Morgan fingerprint density at radius 3 is 2.58 bits per heavy atom. The first-order chi connectivity index (χ1) is 18.3. The van der Waals surface area contributed by atoms with Gasteiger partial charge in [-0.05, 0) is 86.6 Å². The molecular formula is C30H30ClN5OS. The van der Waals surface area contributed by atoms with Gasteiger partial charge in [-0.25, -0.2) is 0 Å². The van der Waals surface area contributed by atoms with Crippen LogP contribution in [0.5, 0.6) is 0 Å². The number of hydrogen-bond acceptors (Lipinski definition) is 3. The van der Waals surface area contributed by atoms with Crippen molar-refractivity contribution in [1.82, 2.24) is 19.8 Å². The number of nitrogens with zero attached hydrogens (tertiary/aromatic N) is 3. The summed E-state index contributed by atoms with van der Waals surface area (Å²) in [5.74, 6) is -0.0556. The van der Waals surface area contributed by atoms with E-state index in [-0.39, 0.29) is 18.0 Å². The molecule has 1 fully saturated rings. The Hall–Kier alpha value is -3.68. The minimum absolute atomic E-state index is 0.0556. The lowest BCUT2D eigenvalue weighted by Crippen LogP contribution is -2.32. The van der Waals surface area contributed by atoms with Crippen molar-refractivity contribution >= 4 is 40.5 Å². The van der Waals surface area contributed by atoms with Crippen LogP contribution < -0.4 is 10.6 Å². The van der Waals surface area contributed by atoms with Gasteiger partial charge in [0.1, 0.15) is 0 Å². The van der Waals surface area contributed by atoms with E-state index in [0.717, 1.165) is 39.6 Å². The minimum atomic E-state index is -0.163. The fourth-order valence-corrected chi connectivity index (χ4v) is 5.80. The summed E-state index contributed by atoms with van der Waals surface area (Å²) in [6, 6.07) is 23.4. The van der Waals surface area contributed by atoms with Gasteiger partial charge in [0.15, 0.2) is 5.11 Å². The molecule has 2 unspecified atom stereocenters. The summed E-state index contributed by atoms with van der Waals surface area (Å²) in [6.45, 7) is 6.65. The third-order valence-electron chi connectivity index (χ3n) is 6.96. The second-order valence-corrected chi connectivity index (χ2v) is 10.4. The fraction of sp³-hybridized carbons (Fsp3) is 0.233. The molecule has 0 bridgehead atoms. The molecular weight excluding hydrogens is 514 g/mol. The maximum atomic E-state index is 12.9. The van der Waals surface area contributed by atoms with E-state index in [2.05, 4.69) is 45.0 Å². The van der Waals surface area contributed by atoms with Gasteiger partial charge in [-0.15, -0.1) is 0 Å². The zero-order valence-electron chi connectivity index (χ0n) is 21.6. The molecule has 4 aromatic rings. The van der Waals surface area contributed by atoms with E-state index in [1.807, 2.05) is 73.7 Å². The van der Waals surface area contributed by atoms with Gasteiger partial charge in [0.05, 0.1) is 28.5 Å². The summed E-state index contributed by atoms with van der Waals surface area (Å²) in [6.07, 6.45) is 2.09. The maximum absolute atomic E-state index is 12.9. The largest absolute Gasteiger partial charge is 0.352 e. The van der Waals surface area contributed by atoms with E-state index < -0.39 is 0 Å². The van der Waals surface area contributed by atoms with Crippen LogP contribution in [0.3, 0.4) is 0 Å². The first-order valence-corrected chi connectivity index (χ1v) is 13.4. The molecule has 1 saturated heterocycles. The van der Waals surface area contributed by atoms with Crippen molar-refractivity contribution in [2.75, 3.05) is 11.9 Å². The van der Waals surface area contributed by atoms with Crippen LogP contribution in [0.25, 0.3) is 5.69 Å². The molecule has 2 N–H and O–H groups in total. The monoisotopic (exact) mass is 543 g/mol. The standard InChI is InChI=1S/C30H30ClN5OS/c1-19-9-8-10-22(17-19)33-27(37)14-16-35-29(28(34-30(35)38)25-12-6-7-15-32-25)23-18-20(2)36(21(23)3)26-13-5-4-11-24(26)31/h4-13,15,17-18,28-29H,14,16H2,1-3H3,(H,33,37)(H,34,38). The number of nitrogens with one attached hydrogen (secondary N) is 2. The molecule has 0 saturated carbocycles. The Balaban J connectivity index is 1.48. The zero-order valence-corrected chi connectivity index (χ0v) is 23.2. The number of amides is 1. The van der Waals surface area contributed by atoms with Crippen LogP contribution in [0.2, 0.25) is 5.02 Å². The van der Waals surface area contributed by atoms with Gasteiger partial charge < -0.3 is 20.1 Å². The van der Waals surface area contributed by atoms with Gasteiger partial charge in [-0.3, -0.25) is 9.78 Å². The number of carbonyl (C=O) groups excluding carboxylic acids is 1. The minimum Gasteiger partial charge on any atom is -0.352 e. The Morgan fingerprint density at radius 2 is 1.84 bits per heavy atom. The molecule has 0 aliphatic carbocycles. The van der Waals surface area contributed by atoms with Crippen LogP contribution in [0.1, 0.15) is 46.7 Å². The predicted molar refractivity (Wildman–Crippen MR) is 157 cm³/mol. The summed E-state index contributed by atoms with van der Waals surface area (Å²) < 4.78 is 2.18. The molecule has 2 aromatic heterocycles. The molecule has 1 amide bonds. The van der Waals surface area contributed by atoms with Crippen molar-refractivity contribution in [3.8, 4) is 5.69 Å². The number of aryl methyl sites for hydroxylation is 2. The number of carbonyl (C=O) groups is 1. The fourth-order valence-electron chi connectivity index (χ4n) is 5.24. The summed E-state index contributed by atoms with van der Waals surface area (Å²) in [5, 5.41) is 7.79. The van der Waals surface area contributed by atoms with Crippen molar-refractivity contribution in [3.05, 3.63) is 112 Å². The van der Waals surface area contributed by atoms with Crippen LogP contribution >= 0.6 is 23.8 Å². The number of pyridine rings is 1. The summed E-state index contributed by atoms with van der Waals surface area (Å²) in [5.41, 5.74) is 6.98. The number of benzene rings is 2. The highest BCUT2D eigenvalue weighted by Crippen LogP contribution is 2.41. The molecule has 8 heteroatoms. The second kappa shape index (κ2) is 11.0. The van der Waals surface area contributed by atoms with Crippen LogP contribution in [-0.4, -0.2) is 32.0 Å². The smallest absolute Gasteiger partial charge is 0.226 e. The third kappa shape index (κ3) is 5.17. The van der Waals surface area contributed by atoms with Crippen LogP contribution in [0.4, 0.5) is 5.69 Å². The van der Waals surface area contributed by atoms with Crippen molar-refractivity contribution in [2.24, 2.45) is 0 Å². The maximum Gasteiger partial charge on any atom is 0.226 e. The molecule has 2 atom stereocenters. The molecule has 6 nitrogen and oxygen atoms in total. The average molecular weight is 544 g/mol. The van der Waals surface area contributed by atoms with E-state index in [0.29, 0.717) is 23.1 Å². The van der Waals surface area contributed by atoms with Crippen molar-refractivity contribution < 1.29 is 4.79 Å². The quantitative estimate of drug-likeness (QED) is 0.262. The van der Waals surface area contributed by atoms with E-state index in [1.54, 1.807) is 6.20 Å². The highest BCUT2D eigenvalue weighted by atomic mass is 35.5. The van der Waals surface area contributed by atoms with Crippen LogP contribution in [0.15, 0.2) is 79.0 Å². The number of para-hydroxylation sites is 1. The van der Waals surface area contributed by atoms with Gasteiger partial charge >= 0.3 is 0 Å². The lowest BCUT2D eigenvalue weighted by molar-refractivity contribution is -0.116. The molecule has 2 aromatic carbocycles. The summed E-state index contributed by atoms with van der Waals surface area (Å²) >= 11 is 12.4. The topological polar surface area (TPSA) is 62.2 Å². The Labute approximate surface area is 233 Å². The molecule has 194 valence electrons. The predicted octanol–water partition coefficient (Wildman–Crippen LogP) is 6.45. The molecule has 3 heterocycles. The lowest BCUT2D eigenvalue weighted by atomic mass is 9.96. The van der Waals surface area contributed by atoms with Crippen molar-refractivity contribution in [1.29, 1.82) is 0 Å². The van der Waals surface area contributed by atoms with Gasteiger partial charge in [0, 0.05) is 36.2 Å². The average Bonchev–Trinajstić information content (AvgIpc) is 3.38. The van der Waals surface area contributed by atoms with Crippen LogP contribution in [0, 0.1) is 20.8 Å². The Kier molecular flexibility index (Phi) is 7.49. The van der Waals surface area contributed by atoms with E-state index in [9.17, 15) is 4.79 Å². The molecule has 1 aliphatic rings. The van der Waals surface area contributed by atoms with Gasteiger partial charge in [0.25, 0.3) is 0 Å². The Morgan fingerprint density at radius 1 is 1.05 bits per heavy atom. The SMILES string of the molecule is Cc1cccc(NC(=O)CCN2C(=S)NC(c3ccccn3)C2c2cc(C)n(-c3ccccc3Cl)c2C)c1. The van der Waals surface area contributed by atoms with Crippen LogP contribution in [-0.2, 0) is 4.79 Å². The number of aromatic nitrogens is 2. The van der Waals surface area contributed by atoms with E-state index >= 15 is 0 Å². The lowest BCUT2D eigenvalue weighted by Gasteiger charge is -2.28. The number of halogens is 1.